The standard InChI is InChI=1S/C28H22N2Si/c1-4-12-23(13-5-1)31(24-14-6-2-7-15-24,25-16-8-3-9-17-25)28-19-11-10-18-26(28)27-20-21-29-22-30-27/h1-22H. The number of benzene rings is 4. The third kappa shape index (κ3) is 3.39. The average Bonchev–Trinajstić information content (AvgIpc) is 2.87. The summed E-state index contributed by atoms with van der Waals surface area (Å²) >= 11 is 0. The maximum Gasteiger partial charge on any atom is 0.180 e. The van der Waals surface area contributed by atoms with Crippen LogP contribution in [0.4, 0.5) is 0 Å². The van der Waals surface area contributed by atoms with Gasteiger partial charge in [0.05, 0.1) is 5.69 Å². The van der Waals surface area contributed by atoms with Crippen LogP contribution in [0.2, 0.25) is 0 Å². The van der Waals surface area contributed by atoms with Crippen LogP contribution in [0.3, 0.4) is 0 Å². The van der Waals surface area contributed by atoms with Gasteiger partial charge in [-0.15, -0.1) is 0 Å². The van der Waals surface area contributed by atoms with E-state index in [-0.39, 0.29) is 0 Å². The van der Waals surface area contributed by atoms with Crippen molar-refractivity contribution >= 4 is 28.8 Å². The van der Waals surface area contributed by atoms with Crippen LogP contribution in [0.25, 0.3) is 11.3 Å². The maximum absolute atomic E-state index is 4.62. The van der Waals surface area contributed by atoms with Crippen molar-refractivity contribution in [2.24, 2.45) is 0 Å². The third-order valence-corrected chi connectivity index (χ3v) is 10.7. The van der Waals surface area contributed by atoms with Crippen molar-refractivity contribution in [2.45, 2.75) is 0 Å². The van der Waals surface area contributed by atoms with Crippen molar-refractivity contribution in [1.82, 2.24) is 9.97 Å². The highest BCUT2D eigenvalue weighted by Gasteiger charge is 2.42. The first-order valence-electron chi connectivity index (χ1n) is 10.4. The van der Waals surface area contributed by atoms with E-state index in [4.69, 9.17) is 0 Å². The van der Waals surface area contributed by atoms with E-state index < -0.39 is 8.07 Å². The minimum absolute atomic E-state index is 0.949. The molecule has 2 nitrogen and oxygen atoms in total. The summed E-state index contributed by atoms with van der Waals surface area (Å²) < 4.78 is 0. The number of rotatable bonds is 5. The fourth-order valence-corrected chi connectivity index (χ4v) is 9.49. The largest absolute Gasteiger partial charge is 0.245 e. The summed E-state index contributed by atoms with van der Waals surface area (Å²) in [4.78, 5) is 8.75. The molecule has 0 fully saturated rings. The maximum atomic E-state index is 4.62. The van der Waals surface area contributed by atoms with E-state index in [9.17, 15) is 0 Å². The Morgan fingerprint density at radius 3 is 1.45 bits per heavy atom. The first-order chi connectivity index (χ1) is 15.4. The zero-order valence-electron chi connectivity index (χ0n) is 17.1. The molecule has 0 aliphatic heterocycles. The molecule has 148 valence electrons. The molecule has 1 heterocycles. The second-order valence-electron chi connectivity index (χ2n) is 7.49. The van der Waals surface area contributed by atoms with Gasteiger partial charge < -0.3 is 0 Å². The topological polar surface area (TPSA) is 25.8 Å². The van der Waals surface area contributed by atoms with Crippen molar-refractivity contribution in [2.75, 3.05) is 0 Å². The van der Waals surface area contributed by atoms with Crippen molar-refractivity contribution in [3.8, 4) is 11.3 Å². The predicted molar refractivity (Wildman–Crippen MR) is 131 cm³/mol. The second kappa shape index (κ2) is 8.50. The fraction of sp³-hybridized carbons (Fsp3) is 0. The first-order valence-corrected chi connectivity index (χ1v) is 12.4. The van der Waals surface area contributed by atoms with Crippen molar-refractivity contribution in [3.05, 3.63) is 134 Å². The molecule has 0 aliphatic rings. The lowest BCUT2D eigenvalue weighted by Crippen LogP contribution is -2.75. The lowest BCUT2D eigenvalue weighted by molar-refractivity contribution is 1.17. The Bertz CT molecular complexity index is 1160. The summed E-state index contributed by atoms with van der Waals surface area (Å²) in [7, 11) is -2.59. The summed E-state index contributed by atoms with van der Waals surface area (Å²) in [5.41, 5.74) is 2.11. The molecule has 5 rings (SSSR count). The van der Waals surface area contributed by atoms with Crippen LogP contribution in [0, 0.1) is 0 Å². The molecule has 4 aromatic carbocycles. The summed E-state index contributed by atoms with van der Waals surface area (Å²) in [6, 6.07) is 43.6. The normalized spacial score (nSPS) is 11.2. The molecule has 0 radical (unpaired) electrons. The monoisotopic (exact) mass is 414 g/mol. The van der Waals surface area contributed by atoms with Crippen LogP contribution in [0.5, 0.6) is 0 Å². The Morgan fingerprint density at radius 2 is 0.968 bits per heavy atom. The van der Waals surface area contributed by atoms with Crippen LogP contribution in [0.1, 0.15) is 0 Å². The number of hydrogen-bond donors (Lipinski definition) is 0. The zero-order valence-corrected chi connectivity index (χ0v) is 18.1. The average molecular weight is 415 g/mol. The number of aromatic nitrogens is 2. The molecule has 0 saturated heterocycles. The Kier molecular flexibility index (Phi) is 5.25. The van der Waals surface area contributed by atoms with Gasteiger partial charge >= 0.3 is 0 Å². The van der Waals surface area contributed by atoms with Crippen molar-refractivity contribution < 1.29 is 0 Å². The van der Waals surface area contributed by atoms with Crippen LogP contribution >= 0.6 is 0 Å². The van der Waals surface area contributed by atoms with Gasteiger partial charge in [0.1, 0.15) is 6.33 Å². The van der Waals surface area contributed by atoms with Gasteiger partial charge in [-0.25, -0.2) is 9.97 Å². The highest BCUT2D eigenvalue weighted by molar-refractivity contribution is 7.20. The minimum Gasteiger partial charge on any atom is -0.245 e. The molecule has 0 N–H and O–H groups in total. The van der Waals surface area contributed by atoms with Crippen LogP contribution < -0.4 is 20.7 Å². The molecule has 0 aliphatic carbocycles. The quantitative estimate of drug-likeness (QED) is 0.325. The second-order valence-corrected chi connectivity index (χ2v) is 11.3. The molecule has 1 aromatic heterocycles. The van der Waals surface area contributed by atoms with Gasteiger partial charge in [0.25, 0.3) is 0 Å². The highest BCUT2D eigenvalue weighted by Crippen LogP contribution is 2.19. The summed E-state index contributed by atoms with van der Waals surface area (Å²) in [5.74, 6) is 0. The van der Waals surface area contributed by atoms with E-state index >= 15 is 0 Å². The summed E-state index contributed by atoms with van der Waals surface area (Å²) in [6.07, 6.45) is 3.44. The Morgan fingerprint density at radius 1 is 0.484 bits per heavy atom. The molecule has 0 unspecified atom stereocenters. The first kappa shape index (κ1) is 19.2. The fourth-order valence-electron chi connectivity index (χ4n) is 4.51. The number of hydrogen-bond acceptors (Lipinski definition) is 2. The molecule has 3 heteroatoms. The lowest BCUT2D eigenvalue weighted by atomic mass is 10.1. The molecular weight excluding hydrogens is 392 g/mol. The van der Waals surface area contributed by atoms with E-state index in [0.29, 0.717) is 0 Å². The van der Waals surface area contributed by atoms with Gasteiger partial charge in [-0.2, -0.15) is 0 Å². The van der Waals surface area contributed by atoms with Gasteiger partial charge in [-0.1, -0.05) is 115 Å². The SMILES string of the molecule is c1ccc([Si](c2ccccc2)(c2ccccc2)c2ccccc2-c2ccncn2)cc1. The van der Waals surface area contributed by atoms with Gasteiger partial charge in [0, 0.05) is 11.8 Å². The van der Waals surface area contributed by atoms with Gasteiger partial charge in [-0.05, 0) is 26.8 Å². The molecule has 0 amide bonds. The molecule has 0 atom stereocenters. The molecular formula is C28H22N2Si. The van der Waals surface area contributed by atoms with Gasteiger partial charge in [0.2, 0.25) is 0 Å². The summed E-state index contributed by atoms with van der Waals surface area (Å²) in [5, 5.41) is 5.40. The Balaban J connectivity index is 1.94. The van der Waals surface area contributed by atoms with E-state index in [1.807, 2.05) is 12.3 Å². The Labute approximate surface area is 183 Å². The Hall–Kier alpha value is -3.82. The lowest BCUT2D eigenvalue weighted by Gasteiger charge is -2.35. The molecule has 0 spiro atoms. The molecule has 0 bridgehead atoms. The zero-order chi connectivity index (χ0) is 20.9. The molecule has 0 saturated carbocycles. The van der Waals surface area contributed by atoms with Gasteiger partial charge in [0.15, 0.2) is 8.07 Å². The molecule has 31 heavy (non-hydrogen) atoms. The highest BCUT2D eigenvalue weighted by atomic mass is 28.3. The van der Waals surface area contributed by atoms with Crippen LogP contribution in [0.15, 0.2) is 134 Å². The smallest absolute Gasteiger partial charge is 0.180 e. The summed E-state index contributed by atoms with van der Waals surface area (Å²) in [6.45, 7) is 0. The third-order valence-electron chi connectivity index (χ3n) is 5.81. The van der Waals surface area contributed by atoms with E-state index in [1.165, 1.54) is 20.7 Å². The minimum atomic E-state index is -2.59. The van der Waals surface area contributed by atoms with E-state index in [1.54, 1.807) is 6.33 Å². The van der Waals surface area contributed by atoms with E-state index in [0.717, 1.165) is 11.3 Å². The van der Waals surface area contributed by atoms with Crippen LogP contribution in [-0.2, 0) is 0 Å². The van der Waals surface area contributed by atoms with Crippen molar-refractivity contribution in [3.63, 3.8) is 0 Å². The predicted octanol–water partition coefficient (Wildman–Crippen LogP) is 3.52. The number of nitrogens with zero attached hydrogens (tertiary/aromatic N) is 2. The molecule has 5 aromatic rings. The van der Waals surface area contributed by atoms with Crippen molar-refractivity contribution in [1.29, 1.82) is 0 Å². The van der Waals surface area contributed by atoms with Gasteiger partial charge in [-0.3, -0.25) is 0 Å². The van der Waals surface area contributed by atoms with Crippen LogP contribution in [-0.4, -0.2) is 18.0 Å². The van der Waals surface area contributed by atoms with E-state index in [2.05, 4.69) is 125 Å².